The van der Waals surface area contributed by atoms with Crippen LogP contribution in [0.1, 0.15) is 23.7 Å². The molecular formula is C23H26FN3O3S. The Morgan fingerprint density at radius 1 is 1.23 bits per heavy atom. The van der Waals surface area contributed by atoms with E-state index in [4.69, 9.17) is 14.5 Å². The van der Waals surface area contributed by atoms with E-state index in [2.05, 4.69) is 4.90 Å². The number of fused-ring (bicyclic) bond motifs is 1. The van der Waals surface area contributed by atoms with Gasteiger partial charge < -0.3 is 9.47 Å². The molecule has 2 aromatic carbocycles. The van der Waals surface area contributed by atoms with Gasteiger partial charge in [0.2, 0.25) is 0 Å². The molecule has 1 amide bonds. The molecule has 1 aliphatic rings. The lowest BCUT2D eigenvalue weighted by Crippen LogP contribution is -2.39. The van der Waals surface area contributed by atoms with E-state index < -0.39 is 0 Å². The molecule has 2 heterocycles. The van der Waals surface area contributed by atoms with Crippen molar-refractivity contribution in [3.8, 4) is 5.75 Å². The first-order valence-corrected chi connectivity index (χ1v) is 11.4. The molecule has 3 aromatic rings. The van der Waals surface area contributed by atoms with Crippen LogP contribution in [0.3, 0.4) is 0 Å². The van der Waals surface area contributed by atoms with Crippen LogP contribution < -0.4 is 9.64 Å². The first-order chi connectivity index (χ1) is 15.1. The normalized spacial score (nSPS) is 14.6. The molecule has 8 heteroatoms. The topological polar surface area (TPSA) is 54.9 Å². The van der Waals surface area contributed by atoms with Crippen LogP contribution in [0.15, 0.2) is 42.5 Å². The number of amides is 1. The van der Waals surface area contributed by atoms with Gasteiger partial charge in [0.1, 0.15) is 11.6 Å². The summed E-state index contributed by atoms with van der Waals surface area (Å²) in [5.74, 6) is 0.249. The number of morpholine rings is 1. The molecular weight excluding hydrogens is 417 g/mol. The lowest BCUT2D eigenvalue weighted by molar-refractivity contribution is 0.0376. The Hall–Kier alpha value is -2.55. The van der Waals surface area contributed by atoms with Crippen molar-refractivity contribution in [2.24, 2.45) is 0 Å². The predicted octanol–water partition coefficient (Wildman–Crippen LogP) is 4.20. The van der Waals surface area contributed by atoms with Gasteiger partial charge >= 0.3 is 0 Å². The highest BCUT2D eigenvalue weighted by Crippen LogP contribution is 2.32. The zero-order chi connectivity index (χ0) is 21.6. The van der Waals surface area contributed by atoms with Crippen LogP contribution in [0.25, 0.3) is 10.2 Å². The number of ether oxygens (including phenoxy) is 2. The molecule has 1 aliphatic heterocycles. The van der Waals surface area contributed by atoms with Crippen LogP contribution in [0.5, 0.6) is 5.75 Å². The van der Waals surface area contributed by atoms with E-state index in [9.17, 15) is 9.18 Å². The summed E-state index contributed by atoms with van der Waals surface area (Å²) >= 11 is 1.46. The van der Waals surface area contributed by atoms with E-state index in [1.54, 1.807) is 4.90 Å². The Kier molecular flexibility index (Phi) is 7.11. The molecule has 0 unspecified atom stereocenters. The maximum absolute atomic E-state index is 13.4. The lowest BCUT2D eigenvalue weighted by Gasteiger charge is -2.27. The number of aromatic nitrogens is 1. The maximum Gasteiger partial charge on any atom is 0.260 e. The van der Waals surface area contributed by atoms with Gasteiger partial charge in [-0.3, -0.25) is 14.6 Å². The van der Waals surface area contributed by atoms with Crippen molar-refractivity contribution in [1.82, 2.24) is 9.88 Å². The predicted molar refractivity (Wildman–Crippen MR) is 121 cm³/mol. The second-order valence-corrected chi connectivity index (χ2v) is 8.34. The number of benzene rings is 2. The summed E-state index contributed by atoms with van der Waals surface area (Å²) in [6.07, 6.45) is 0.813. The number of halogens is 1. The number of carbonyl (C=O) groups excluding carboxylic acids is 1. The molecule has 1 saturated heterocycles. The summed E-state index contributed by atoms with van der Waals surface area (Å²) in [6.45, 7) is 7.27. The fraction of sp³-hybridized carbons (Fsp3) is 0.391. The third-order valence-corrected chi connectivity index (χ3v) is 6.23. The molecule has 0 bridgehead atoms. The van der Waals surface area contributed by atoms with E-state index in [0.29, 0.717) is 23.8 Å². The van der Waals surface area contributed by atoms with E-state index in [1.165, 1.54) is 35.6 Å². The number of thiazole rings is 1. The largest absolute Gasteiger partial charge is 0.494 e. The molecule has 0 spiro atoms. The Labute approximate surface area is 185 Å². The van der Waals surface area contributed by atoms with Crippen molar-refractivity contribution < 1.29 is 18.7 Å². The number of carbonyl (C=O) groups is 1. The van der Waals surface area contributed by atoms with Crippen LogP contribution in [0.2, 0.25) is 0 Å². The Balaban J connectivity index is 1.56. The highest BCUT2D eigenvalue weighted by molar-refractivity contribution is 7.22. The van der Waals surface area contributed by atoms with E-state index in [0.717, 1.165) is 55.2 Å². The average molecular weight is 444 g/mol. The molecule has 0 saturated carbocycles. The average Bonchev–Trinajstić information content (AvgIpc) is 3.21. The highest BCUT2D eigenvalue weighted by atomic mass is 32.1. The van der Waals surface area contributed by atoms with Gasteiger partial charge in [0.05, 0.1) is 30.0 Å². The molecule has 0 N–H and O–H groups in total. The number of anilines is 1. The summed E-state index contributed by atoms with van der Waals surface area (Å²) in [7, 11) is 0. The van der Waals surface area contributed by atoms with Gasteiger partial charge in [0.15, 0.2) is 5.13 Å². The van der Waals surface area contributed by atoms with Crippen molar-refractivity contribution in [2.75, 3.05) is 50.9 Å². The fourth-order valence-corrected chi connectivity index (χ4v) is 4.59. The Morgan fingerprint density at radius 2 is 2.00 bits per heavy atom. The van der Waals surface area contributed by atoms with Crippen molar-refractivity contribution in [3.63, 3.8) is 0 Å². The Morgan fingerprint density at radius 3 is 2.74 bits per heavy atom. The van der Waals surface area contributed by atoms with Gasteiger partial charge in [0, 0.05) is 31.7 Å². The number of nitrogens with zero attached hydrogens (tertiary/aromatic N) is 3. The summed E-state index contributed by atoms with van der Waals surface area (Å²) in [5, 5.41) is 0.639. The molecule has 0 radical (unpaired) electrons. The molecule has 0 atom stereocenters. The monoisotopic (exact) mass is 443 g/mol. The van der Waals surface area contributed by atoms with Gasteiger partial charge in [-0.25, -0.2) is 9.37 Å². The SMILES string of the molecule is CCOc1ccc2nc(N(CCCN3CCOCC3)C(=O)c3ccc(F)cc3)sc2c1. The maximum atomic E-state index is 13.4. The second-order valence-electron chi connectivity index (χ2n) is 7.33. The minimum atomic E-state index is -0.362. The summed E-state index contributed by atoms with van der Waals surface area (Å²) in [4.78, 5) is 22.1. The van der Waals surface area contributed by atoms with Crippen molar-refractivity contribution in [3.05, 3.63) is 53.8 Å². The van der Waals surface area contributed by atoms with Crippen molar-refractivity contribution in [1.29, 1.82) is 0 Å². The summed E-state index contributed by atoms with van der Waals surface area (Å²) in [5.41, 5.74) is 1.27. The molecule has 164 valence electrons. The number of hydrogen-bond acceptors (Lipinski definition) is 6. The van der Waals surface area contributed by atoms with Crippen LogP contribution in [0, 0.1) is 5.82 Å². The summed E-state index contributed by atoms with van der Waals surface area (Å²) in [6, 6.07) is 11.4. The molecule has 1 fully saturated rings. The minimum Gasteiger partial charge on any atom is -0.494 e. The minimum absolute atomic E-state index is 0.175. The van der Waals surface area contributed by atoms with E-state index in [-0.39, 0.29) is 11.7 Å². The van der Waals surface area contributed by atoms with Gasteiger partial charge in [0.25, 0.3) is 5.91 Å². The Bertz CT molecular complexity index is 1020. The van der Waals surface area contributed by atoms with Crippen LogP contribution in [-0.4, -0.2) is 61.8 Å². The van der Waals surface area contributed by atoms with Gasteiger partial charge in [-0.05, 0) is 55.8 Å². The van der Waals surface area contributed by atoms with E-state index in [1.807, 2.05) is 25.1 Å². The molecule has 4 rings (SSSR count). The highest BCUT2D eigenvalue weighted by Gasteiger charge is 2.22. The third-order valence-electron chi connectivity index (χ3n) is 5.19. The first kappa shape index (κ1) is 21.7. The molecule has 31 heavy (non-hydrogen) atoms. The first-order valence-electron chi connectivity index (χ1n) is 10.5. The third kappa shape index (κ3) is 5.39. The van der Waals surface area contributed by atoms with Gasteiger partial charge in [-0.1, -0.05) is 11.3 Å². The zero-order valence-corrected chi connectivity index (χ0v) is 18.4. The summed E-state index contributed by atoms with van der Waals surface area (Å²) < 4.78 is 25.3. The quantitative estimate of drug-likeness (QED) is 0.522. The van der Waals surface area contributed by atoms with Crippen LogP contribution >= 0.6 is 11.3 Å². The van der Waals surface area contributed by atoms with Gasteiger partial charge in [-0.15, -0.1) is 0 Å². The van der Waals surface area contributed by atoms with E-state index >= 15 is 0 Å². The lowest BCUT2D eigenvalue weighted by atomic mass is 10.2. The van der Waals surface area contributed by atoms with Crippen molar-refractivity contribution in [2.45, 2.75) is 13.3 Å². The fourth-order valence-electron chi connectivity index (χ4n) is 3.57. The molecule has 0 aliphatic carbocycles. The van der Waals surface area contributed by atoms with Gasteiger partial charge in [-0.2, -0.15) is 0 Å². The molecule has 1 aromatic heterocycles. The molecule has 6 nitrogen and oxygen atoms in total. The standard InChI is InChI=1S/C23H26FN3O3S/c1-2-30-19-8-9-20-21(16-19)31-23(25-20)27(11-3-10-26-12-14-29-15-13-26)22(28)17-4-6-18(24)7-5-17/h4-9,16H,2-3,10-15H2,1H3. The van der Waals surface area contributed by atoms with Crippen LogP contribution in [0.4, 0.5) is 9.52 Å². The number of hydrogen-bond donors (Lipinski definition) is 0. The zero-order valence-electron chi connectivity index (χ0n) is 17.6. The number of rotatable bonds is 8. The second kappa shape index (κ2) is 10.2. The van der Waals surface area contributed by atoms with Crippen molar-refractivity contribution >= 4 is 32.6 Å². The van der Waals surface area contributed by atoms with Crippen LogP contribution in [-0.2, 0) is 4.74 Å². The smallest absolute Gasteiger partial charge is 0.260 e.